The van der Waals surface area contributed by atoms with Crippen LogP contribution in [-0.4, -0.2) is 14.7 Å². The molecule has 20 heavy (non-hydrogen) atoms. The fraction of sp³-hybridized carbons (Fsp3) is 0.333. The van der Waals surface area contributed by atoms with E-state index in [1.165, 1.54) is 6.26 Å². The molecule has 5 heteroatoms. The molecule has 4 nitrogen and oxygen atoms in total. The molecule has 0 aliphatic rings. The van der Waals surface area contributed by atoms with Crippen LogP contribution >= 0.6 is 0 Å². The quantitative estimate of drug-likeness (QED) is 0.921. The summed E-state index contributed by atoms with van der Waals surface area (Å²) in [6.07, 6.45) is 1.21. The van der Waals surface area contributed by atoms with Gasteiger partial charge in [0.05, 0.1) is 10.9 Å². The van der Waals surface area contributed by atoms with E-state index in [-0.39, 0.29) is 6.04 Å². The fourth-order valence-electron chi connectivity index (χ4n) is 1.91. The molecule has 0 radical (unpaired) electrons. The summed E-state index contributed by atoms with van der Waals surface area (Å²) in [6.45, 7) is 4.61. The van der Waals surface area contributed by atoms with E-state index in [0.717, 1.165) is 17.1 Å². The Morgan fingerprint density at radius 1 is 1.15 bits per heavy atom. The molecule has 1 aromatic carbocycles. The molecule has 1 atom stereocenters. The van der Waals surface area contributed by atoms with Gasteiger partial charge in [0, 0.05) is 12.8 Å². The highest BCUT2D eigenvalue weighted by molar-refractivity contribution is 7.90. The summed E-state index contributed by atoms with van der Waals surface area (Å²) in [4.78, 5) is 0.343. The van der Waals surface area contributed by atoms with Crippen molar-refractivity contribution >= 4 is 9.84 Å². The van der Waals surface area contributed by atoms with E-state index in [1.807, 2.05) is 38.1 Å². The predicted octanol–water partition coefficient (Wildman–Crippen LogP) is 2.84. The zero-order chi connectivity index (χ0) is 14.8. The number of hydrogen-bond donors (Lipinski definition) is 1. The van der Waals surface area contributed by atoms with Crippen LogP contribution in [0.5, 0.6) is 0 Å². The van der Waals surface area contributed by atoms with Crippen molar-refractivity contribution in [1.82, 2.24) is 5.32 Å². The van der Waals surface area contributed by atoms with Crippen LogP contribution < -0.4 is 5.32 Å². The van der Waals surface area contributed by atoms with Crippen molar-refractivity contribution in [2.45, 2.75) is 31.3 Å². The van der Waals surface area contributed by atoms with Gasteiger partial charge >= 0.3 is 0 Å². The normalized spacial score (nSPS) is 13.3. The molecule has 108 valence electrons. The highest BCUT2D eigenvalue weighted by atomic mass is 32.2. The number of nitrogens with one attached hydrogen (secondary N) is 1. The second kappa shape index (κ2) is 5.81. The van der Waals surface area contributed by atoms with Gasteiger partial charge in [-0.2, -0.15) is 0 Å². The van der Waals surface area contributed by atoms with Crippen LogP contribution in [-0.2, 0) is 16.4 Å². The Bertz CT molecular complexity index is 671. The molecular weight excluding hydrogens is 274 g/mol. The van der Waals surface area contributed by atoms with E-state index >= 15 is 0 Å². The van der Waals surface area contributed by atoms with Gasteiger partial charge in [0.2, 0.25) is 0 Å². The van der Waals surface area contributed by atoms with Gasteiger partial charge in [0.15, 0.2) is 9.84 Å². The highest BCUT2D eigenvalue weighted by Gasteiger charge is 2.09. The summed E-state index contributed by atoms with van der Waals surface area (Å²) in [7, 11) is -3.13. The van der Waals surface area contributed by atoms with Gasteiger partial charge < -0.3 is 9.73 Å². The second-order valence-corrected chi connectivity index (χ2v) is 6.98. The molecule has 0 fully saturated rings. The Morgan fingerprint density at radius 3 is 2.30 bits per heavy atom. The molecule has 2 aromatic rings. The first kappa shape index (κ1) is 14.8. The molecule has 1 aromatic heterocycles. The lowest BCUT2D eigenvalue weighted by molar-refractivity contribution is 0.416. The van der Waals surface area contributed by atoms with Crippen molar-refractivity contribution in [2.75, 3.05) is 6.26 Å². The van der Waals surface area contributed by atoms with Crippen LogP contribution in [0.3, 0.4) is 0 Å². The van der Waals surface area contributed by atoms with Gasteiger partial charge in [0.1, 0.15) is 11.5 Å². The summed E-state index contributed by atoms with van der Waals surface area (Å²) in [6, 6.07) is 10.9. The van der Waals surface area contributed by atoms with Crippen molar-refractivity contribution in [3.63, 3.8) is 0 Å². The Kier molecular flexibility index (Phi) is 4.30. The Hall–Kier alpha value is -1.59. The largest absolute Gasteiger partial charge is 0.465 e. The van der Waals surface area contributed by atoms with E-state index in [2.05, 4.69) is 5.32 Å². The first-order valence-corrected chi connectivity index (χ1v) is 8.34. The average Bonchev–Trinajstić information content (AvgIpc) is 2.82. The van der Waals surface area contributed by atoms with Crippen molar-refractivity contribution in [1.29, 1.82) is 0 Å². The molecule has 1 heterocycles. The van der Waals surface area contributed by atoms with Crippen LogP contribution in [0.2, 0.25) is 0 Å². The molecule has 0 saturated heterocycles. The monoisotopic (exact) mass is 293 g/mol. The third-order valence-corrected chi connectivity index (χ3v) is 4.28. The van der Waals surface area contributed by atoms with Crippen molar-refractivity contribution in [2.24, 2.45) is 0 Å². The summed E-state index contributed by atoms with van der Waals surface area (Å²) >= 11 is 0. The molecule has 0 bridgehead atoms. The van der Waals surface area contributed by atoms with Crippen molar-refractivity contribution < 1.29 is 12.8 Å². The molecule has 0 spiro atoms. The minimum atomic E-state index is -3.13. The van der Waals surface area contributed by atoms with Gasteiger partial charge in [-0.15, -0.1) is 0 Å². The van der Waals surface area contributed by atoms with Gasteiger partial charge in [0.25, 0.3) is 0 Å². The van der Waals surface area contributed by atoms with E-state index < -0.39 is 9.84 Å². The molecule has 0 saturated carbocycles. The number of hydrogen-bond acceptors (Lipinski definition) is 4. The molecule has 0 amide bonds. The van der Waals surface area contributed by atoms with Crippen molar-refractivity contribution in [3.05, 3.63) is 53.5 Å². The SMILES string of the molecule is Cc1ccc(C(C)NCc2ccc(S(C)(=O)=O)cc2)o1. The molecule has 2 rings (SSSR count). The number of rotatable bonds is 5. The fourth-order valence-corrected chi connectivity index (χ4v) is 2.54. The number of benzene rings is 1. The van der Waals surface area contributed by atoms with E-state index in [4.69, 9.17) is 4.42 Å². The minimum Gasteiger partial charge on any atom is -0.465 e. The van der Waals surface area contributed by atoms with Crippen molar-refractivity contribution in [3.8, 4) is 0 Å². The zero-order valence-electron chi connectivity index (χ0n) is 11.9. The zero-order valence-corrected chi connectivity index (χ0v) is 12.7. The van der Waals surface area contributed by atoms with Crippen LogP contribution in [0.25, 0.3) is 0 Å². The van der Waals surface area contributed by atoms with Gasteiger partial charge in [-0.3, -0.25) is 0 Å². The summed E-state index contributed by atoms with van der Waals surface area (Å²) in [5.41, 5.74) is 1.03. The summed E-state index contributed by atoms with van der Waals surface area (Å²) in [5.74, 6) is 1.79. The lowest BCUT2D eigenvalue weighted by atomic mass is 10.2. The average molecular weight is 293 g/mol. The minimum absolute atomic E-state index is 0.110. The van der Waals surface area contributed by atoms with Crippen LogP contribution in [0.1, 0.15) is 30.0 Å². The Morgan fingerprint density at radius 2 is 1.80 bits per heavy atom. The Labute approximate surface area is 119 Å². The number of furan rings is 1. The standard InChI is InChI=1S/C15H19NO3S/c1-11-4-9-15(19-11)12(2)16-10-13-5-7-14(8-6-13)20(3,17)18/h4-9,12,16H,10H2,1-3H3. The third kappa shape index (κ3) is 3.71. The van der Waals surface area contributed by atoms with Crippen LogP contribution in [0, 0.1) is 6.92 Å². The first-order valence-electron chi connectivity index (χ1n) is 6.45. The molecule has 1 N–H and O–H groups in total. The topological polar surface area (TPSA) is 59.3 Å². The maximum atomic E-state index is 11.4. The second-order valence-electron chi connectivity index (χ2n) is 4.97. The number of aryl methyl sites for hydroxylation is 1. The first-order chi connectivity index (χ1) is 9.36. The smallest absolute Gasteiger partial charge is 0.175 e. The van der Waals surface area contributed by atoms with Crippen LogP contribution in [0.4, 0.5) is 0 Å². The maximum Gasteiger partial charge on any atom is 0.175 e. The van der Waals surface area contributed by atoms with Gasteiger partial charge in [-0.05, 0) is 43.7 Å². The Balaban J connectivity index is 1.97. The molecular formula is C15H19NO3S. The predicted molar refractivity (Wildman–Crippen MR) is 78.3 cm³/mol. The third-order valence-electron chi connectivity index (χ3n) is 3.15. The van der Waals surface area contributed by atoms with E-state index in [9.17, 15) is 8.42 Å². The highest BCUT2D eigenvalue weighted by Crippen LogP contribution is 2.16. The van der Waals surface area contributed by atoms with Gasteiger partial charge in [-0.1, -0.05) is 12.1 Å². The lowest BCUT2D eigenvalue weighted by Crippen LogP contribution is -2.17. The summed E-state index contributed by atoms with van der Waals surface area (Å²) in [5, 5.41) is 3.34. The maximum absolute atomic E-state index is 11.4. The van der Waals surface area contributed by atoms with E-state index in [1.54, 1.807) is 12.1 Å². The number of sulfone groups is 1. The van der Waals surface area contributed by atoms with Gasteiger partial charge in [-0.25, -0.2) is 8.42 Å². The van der Waals surface area contributed by atoms with E-state index in [0.29, 0.717) is 11.4 Å². The summed E-state index contributed by atoms with van der Waals surface area (Å²) < 4.78 is 28.3. The molecule has 1 unspecified atom stereocenters. The molecule has 0 aliphatic heterocycles. The lowest BCUT2D eigenvalue weighted by Gasteiger charge is -2.11. The van der Waals surface area contributed by atoms with Crippen LogP contribution in [0.15, 0.2) is 45.7 Å². The molecule has 0 aliphatic carbocycles.